The molecule has 0 saturated heterocycles. The second-order valence-corrected chi connectivity index (χ2v) is 3.40. The molecule has 0 aromatic carbocycles. The van der Waals surface area contributed by atoms with Crippen LogP contribution >= 0.6 is 11.3 Å². The summed E-state index contributed by atoms with van der Waals surface area (Å²) in [6, 6.07) is 0.0760. The van der Waals surface area contributed by atoms with Crippen molar-refractivity contribution in [2.45, 2.75) is 6.04 Å². The first-order valence-corrected chi connectivity index (χ1v) is 4.79. The van der Waals surface area contributed by atoms with Crippen LogP contribution in [0.15, 0.2) is 17.0 Å². The highest BCUT2D eigenvalue weighted by Gasteiger charge is 2.19. The van der Waals surface area contributed by atoms with Gasteiger partial charge in [-0.05, 0) is 5.57 Å². The van der Waals surface area contributed by atoms with E-state index in [-0.39, 0.29) is 12.6 Å². The largest absolute Gasteiger partial charge is 0.394 e. The number of rotatable bonds is 2. The Morgan fingerprint density at radius 3 is 3.33 bits per heavy atom. The van der Waals surface area contributed by atoms with Gasteiger partial charge in [-0.15, -0.1) is 11.3 Å². The third kappa shape index (κ3) is 1.29. The molecule has 3 nitrogen and oxygen atoms in total. The lowest BCUT2D eigenvalue weighted by atomic mass is 10.1. The van der Waals surface area contributed by atoms with Gasteiger partial charge in [0.15, 0.2) is 0 Å². The van der Waals surface area contributed by atoms with Crippen LogP contribution in [-0.2, 0) is 0 Å². The van der Waals surface area contributed by atoms with Crippen LogP contribution in [0, 0.1) is 0 Å². The summed E-state index contributed by atoms with van der Waals surface area (Å²) >= 11 is 1.58. The first-order chi connectivity index (χ1) is 5.92. The van der Waals surface area contributed by atoms with Crippen LogP contribution in [-0.4, -0.2) is 29.3 Å². The fourth-order valence-corrected chi connectivity index (χ4v) is 1.93. The van der Waals surface area contributed by atoms with Crippen molar-refractivity contribution in [3.8, 4) is 0 Å². The average Bonchev–Trinajstić information content (AvgIpc) is 2.74. The van der Waals surface area contributed by atoms with Crippen LogP contribution < -0.4 is 5.32 Å². The van der Waals surface area contributed by atoms with E-state index in [1.54, 1.807) is 11.3 Å². The number of aromatic nitrogens is 1. The third-order valence-corrected chi connectivity index (χ3v) is 2.56. The topological polar surface area (TPSA) is 45.1 Å². The molecule has 12 heavy (non-hydrogen) atoms. The molecule has 0 unspecified atom stereocenters. The SMILES string of the molecule is OC[C@H]1NCC=C1c1cscn1. The highest BCUT2D eigenvalue weighted by Crippen LogP contribution is 2.20. The minimum absolute atomic E-state index is 0.0760. The van der Waals surface area contributed by atoms with E-state index in [0.717, 1.165) is 17.8 Å². The Bertz CT molecular complexity index is 281. The van der Waals surface area contributed by atoms with Gasteiger partial charge in [0.25, 0.3) is 0 Å². The quantitative estimate of drug-likeness (QED) is 0.699. The maximum atomic E-state index is 9.01. The van der Waals surface area contributed by atoms with Gasteiger partial charge in [0.2, 0.25) is 0 Å². The van der Waals surface area contributed by atoms with Gasteiger partial charge in [-0.2, -0.15) is 0 Å². The van der Waals surface area contributed by atoms with Crippen molar-refractivity contribution in [3.63, 3.8) is 0 Å². The molecule has 4 heteroatoms. The zero-order chi connectivity index (χ0) is 8.39. The Morgan fingerprint density at radius 2 is 2.67 bits per heavy atom. The molecule has 2 N–H and O–H groups in total. The Kier molecular flexibility index (Phi) is 2.21. The number of hydrogen-bond donors (Lipinski definition) is 2. The zero-order valence-electron chi connectivity index (χ0n) is 6.53. The molecule has 64 valence electrons. The van der Waals surface area contributed by atoms with E-state index >= 15 is 0 Å². The average molecular weight is 182 g/mol. The van der Waals surface area contributed by atoms with Crippen molar-refractivity contribution in [3.05, 3.63) is 22.7 Å². The summed E-state index contributed by atoms with van der Waals surface area (Å²) in [5, 5.41) is 14.2. The van der Waals surface area contributed by atoms with E-state index < -0.39 is 0 Å². The van der Waals surface area contributed by atoms with Gasteiger partial charge in [-0.25, -0.2) is 4.98 Å². The molecule has 2 heterocycles. The normalized spacial score (nSPS) is 22.8. The van der Waals surface area contributed by atoms with Gasteiger partial charge in [-0.1, -0.05) is 6.08 Å². The van der Waals surface area contributed by atoms with Gasteiger partial charge < -0.3 is 10.4 Å². The van der Waals surface area contributed by atoms with Gasteiger partial charge in [-0.3, -0.25) is 0 Å². The van der Waals surface area contributed by atoms with Crippen molar-refractivity contribution >= 4 is 16.9 Å². The molecule has 1 aromatic rings. The lowest BCUT2D eigenvalue weighted by Crippen LogP contribution is -2.28. The summed E-state index contributed by atoms with van der Waals surface area (Å²) in [6.07, 6.45) is 2.08. The van der Waals surface area contributed by atoms with E-state index in [2.05, 4.69) is 16.4 Å². The van der Waals surface area contributed by atoms with E-state index in [1.807, 2.05) is 10.9 Å². The van der Waals surface area contributed by atoms with Crippen LogP contribution in [0.3, 0.4) is 0 Å². The monoisotopic (exact) mass is 182 g/mol. The maximum Gasteiger partial charge on any atom is 0.0798 e. The molecule has 0 aliphatic carbocycles. The number of aliphatic hydroxyl groups is 1. The second-order valence-electron chi connectivity index (χ2n) is 2.68. The molecular formula is C8H10N2OS. The minimum Gasteiger partial charge on any atom is -0.394 e. The van der Waals surface area contributed by atoms with Crippen molar-refractivity contribution in [2.75, 3.05) is 13.2 Å². The van der Waals surface area contributed by atoms with Crippen molar-refractivity contribution < 1.29 is 5.11 Å². The second kappa shape index (κ2) is 3.35. The van der Waals surface area contributed by atoms with Crippen molar-refractivity contribution in [1.29, 1.82) is 0 Å². The lowest BCUT2D eigenvalue weighted by molar-refractivity contribution is 0.274. The van der Waals surface area contributed by atoms with Crippen molar-refractivity contribution in [2.24, 2.45) is 0 Å². The number of thiazole rings is 1. The van der Waals surface area contributed by atoms with Gasteiger partial charge >= 0.3 is 0 Å². The van der Waals surface area contributed by atoms with E-state index in [1.165, 1.54) is 0 Å². The molecule has 0 radical (unpaired) electrons. The Labute approximate surface area is 74.8 Å². The molecule has 1 atom stereocenters. The molecule has 0 amide bonds. The molecule has 0 bridgehead atoms. The summed E-state index contributed by atoms with van der Waals surface area (Å²) < 4.78 is 0. The van der Waals surface area contributed by atoms with Crippen molar-refractivity contribution in [1.82, 2.24) is 10.3 Å². The third-order valence-electron chi connectivity index (χ3n) is 1.97. The van der Waals surface area contributed by atoms with Crippen LogP contribution in [0.5, 0.6) is 0 Å². The van der Waals surface area contributed by atoms with Gasteiger partial charge in [0.05, 0.1) is 23.9 Å². The van der Waals surface area contributed by atoms with Gasteiger partial charge in [0, 0.05) is 11.9 Å². The van der Waals surface area contributed by atoms with Crippen LogP contribution in [0.1, 0.15) is 5.69 Å². The molecule has 1 aliphatic heterocycles. The standard InChI is InChI=1S/C8H10N2OS/c11-3-7-6(1-2-9-7)8-4-12-5-10-8/h1,4-5,7,9,11H,2-3H2/t7-/m1/s1. The predicted octanol–water partition coefficient (Wildman–Crippen LogP) is 0.491. The molecule has 0 fully saturated rings. The summed E-state index contributed by atoms with van der Waals surface area (Å²) in [5.41, 5.74) is 3.92. The predicted molar refractivity (Wildman–Crippen MR) is 49.0 cm³/mol. The molecule has 1 aromatic heterocycles. The number of nitrogens with one attached hydrogen (secondary N) is 1. The van der Waals surface area contributed by atoms with Gasteiger partial charge in [0.1, 0.15) is 0 Å². The first-order valence-electron chi connectivity index (χ1n) is 3.84. The molecular weight excluding hydrogens is 172 g/mol. The molecule has 2 rings (SSSR count). The first kappa shape index (κ1) is 7.91. The Hall–Kier alpha value is -0.710. The van der Waals surface area contributed by atoms with Crippen LogP contribution in [0.4, 0.5) is 0 Å². The fourth-order valence-electron chi connectivity index (χ4n) is 1.36. The van der Waals surface area contributed by atoms with E-state index in [0.29, 0.717) is 0 Å². The van der Waals surface area contributed by atoms with Crippen LogP contribution in [0.2, 0.25) is 0 Å². The molecule has 1 aliphatic rings. The van der Waals surface area contributed by atoms with E-state index in [4.69, 9.17) is 5.11 Å². The molecule has 0 spiro atoms. The molecule has 0 saturated carbocycles. The summed E-state index contributed by atoms with van der Waals surface area (Å²) in [4.78, 5) is 4.20. The number of nitrogens with zero attached hydrogens (tertiary/aromatic N) is 1. The smallest absolute Gasteiger partial charge is 0.0798 e. The van der Waals surface area contributed by atoms with Crippen LogP contribution in [0.25, 0.3) is 5.57 Å². The summed E-state index contributed by atoms with van der Waals surface area (Å²) in [5.74, 6) is 0. The Balaban J connectivity index is 2.23. The lowest BCUT2D eigenvalue weighted by Gasteiger charge is -2.09. The fraction of sp³-hybridized carbons (Fsp3) is 0.375. The Morgan fingerprint density at radius 1 is 1.75 bits per heavy atom. The summed E-state index contributed by atoms with van der Waals surface area (Å²) in [7, 11) is 0. The number of hydrogen-bond acceptors (Lipinski definition) is 4. The zero-order valence-corrected chi connectivity index (χ0v) is 7.34. The maximum absolute atomic E-state index is 9.01. The summed E-state index contributed by atoms with van der Waals surface area (Å²) in [6.45, 7) is 0.974. The minimum atomic E-state index is 0.0760. The van der Waals surface area contributed by atoms with E-state index in [9.17, 15) is 0 Å². The number of aliphatic hydroxyl groups excluding tert-OH is 1. The highest BCUT2D eigenvalue weighted by molar-refractivity contribution is 7.07. The highest BCUT2D eigenvalue weighted by atomic mass is 32.1.